The van der Waals surface area contributed by atoms with Crippen LogP contribution in [0.15, 0.2) is 29.3 Å². The lowest BCUT2D eigenvalue weighted by Gasteiger charge is -2.41. The Balaban J connectivity index is 0.00000261. The van der Waals surface area contributed by atoms with Crippen LogP contribution in [0.3, 0.4) is 0 Å². The molecule has 6 heteroatoms. The topological polar surface area (TPSA) is 36.9 Å². The zero-order valence-corrected chi connectivity index (χ0v) is 19.0. The summed E-state index contributed by atoms with van der Waals surface area (Å²) in [7, 11) is 1.86. The maximum Gasteiger partial charge on any atom is 0.193 e. The van der Waals surface area contributed by atoms with Gasteiger partial charge in [0.15, 0.2) is 5.96 Å². The van der Waals surface area contributed by atoms with Crippen LogP contribution in [0.2, 0.25) is 0 Å². The molecule has 1 aromatic carbocycles. The summed E-state index contributed by atoms with van der Waals surface area (Å²) in [5.74, 6) is 2.17. The van der Waals surface area contributed by atoms with Gasteiger partial charge in [0.25, 0.3) is 0 Å². The average molecular weight is 489 g/mol. The zero-order chi connectivity index (χ0) is 18.6. The third-order valence-corrected chi connectivity index (χ3v) is 5.87. The van der Waals surface area contributed by atoms with E-state index in [4.69, 9.17) is 4.74 Å². The molecule has 2 heterocycles. The lowest BCUT2D eigenvalue weighted by Crippen LogP contribution is -2.52. The number of hydrogen-bond donors (Lipinski definition) is 1. The molecule has 4 nitrogen and oxygen atoms in total. The van der Waals surface area contributed by atoms with Crippen molar-refractivity contribution in [1.29, 1.82) is 0 Å². The van der Waals surface area contributed by atoms with Gasteiger partial charge < -0.3 is 15.0 Å². The molecule has 0 amide bonds. The highest BCUT2D eigenvalue weighted by Gasteiger charge is 2.35. The highest BCUT2D eigenvalue weighted by Crippen LogP contribution is 2.34. The number of likely N-dealkylation sites (tertiary alicyclic amines) is 1. The summed E-state index contributed by atoms with van der Waals surface area (Å²) >= 11 is 0. The highest BCUT2D eigenvalue weighted by molar-refractivity contribution is 14.0. The van der Waals surface area contributed by atoms with E-state index in [1.807, 2.05) is 19.2 Å². The van der Waals surface area contributed by atoms with Gasteiger partial charge in [-0.15, -0.1) is 24.0 Å². The van der Waals surface area contributed by atoms with Gasteiger partial charge in [0, 0.05) is 45.3 Å². The molecule has 2 saturated heterocycles. The van der Waals surface area contributed by atoms with Crippen molar-refractivity contribution >= 4 is 29.9 Å². The van der Waals surface area contributed by atoms with Crippen LogP contribution in [0.1, 0.15) is 38.7 Å². The summed E-state index contributed by atoms with van der Waals surface area (Å²) in [5, 5.41) is 3.63. The SMILES string of the molecule is CN=C(NCC1(c2ccc(F)cc2)CCOCC1)N1CC(C)CC(C)C1.I. The van der Waals surface area contributed by atoms with E-state index in [2.05, 4.69) is 29.1 Å². The summed E-state index contributed by atoms with van der Waals surface area (Å²) in [6.45, 7) is 9.02. The minimum atomic E-state index is -0.184. The van der Waals surface area contributed by atoms with Gasteiger partial charge in [-0.25, -0.2) is 4.39 Å². The summed E-state index contributed by atoms with van der Waals surface area (Å²) in [4.78, 5) is 6.93. The smallest absolute Gasteiger partial charge is 0.193 e. The second-order valence-corrected chi connectivity index (χ2v) is 8.15. The fraction of sp³-hybridized carbons (Fsp3) is 0.667. The van der Waals surface area contributed by atoms with E-state index in [1.54, 1.807) is 12.1 Å². The second-order valence-electron chi connectivity index (χ2n) is 8.15. The molecule has 2 aliphatic heterocycles. The van der Waals surface area contributed by atoms with Crippen molar-refractivity contribution in [2.75, 3.05) is 39.9 Å². The Morgan fingerprint density at radius 2 is 1.78 bits per heavy atom. The first-order chi connectivity index (χ1) is 12.5. The first-order valence-electron chi connectivity index (χ1n) is 9.82. The Kier molecular flexibility index (Phi) is 8.34. The average Bonchev–Trinajstić information content (AvgIpc) is 2.63. The molecular weight excluding hydrogens is 456 g/mol. The van der Waals surface area contributed by atoms with Crippen molar-refractivity contribution in [2.45, 2.75) is 38.5 Å². The molecule has 0 saturated carbocycles. The standard InChI is InChI=1S/C21H32FN3O.HI/c1-16-12-17(2)14-25(13-16)20(23-3)24-15-21(8-10-26-11-9-21)18-4-6-19(22)7-5-18;/h4-7,16-17H,8-15H2,1-3H3,(H,23,24);1H. The monoisotopic (exact) mass is 489 g/mol. The van der Waals surface area contributed by atoms with E-state index in [1.165, 1.54) is 12.0 Å². The van der Waals surface area contributed by atoms with Gasteiger partial charge in [0.05, 0.1) is 0 Å². The summed E-state index contributed by atoms with van der Waals surface area (Å²) in [6.07, 6.45) is 3.16. The van der Waals surface area contributed by atoms with Gasteiger partial charge in [-0.1, -0.05) is 26.0 Å². The Bertz CT molecular complexity index is 606. The van der Waals surface area contributed by atoms with Crippen LogP contribution in [-0.4, -0.2) is 50.8 Å². The van der Waals surface area contributed by atoms with Crippen LogP contribution in [0, 0.1) is 17.7 Å². The Hall–Kier alpha value is -0.890. The molecule has 2 aliphatic rings. The second kappa shape index (κ2) is 10.0. The molecule has 0 aliphatic carbocycles. The van der Waals surface area contributed by atoms with E-state index in [-0.39, 0.29) is 35.2 Å². The fourth-order valence-electron chi connectivity index (χ4n) is 4.55. The molecule has 152 valence electrons. The molecular formula is C21H33FIN3O. The van der Waals surface area contributed by atoms with Crippen molar-refractivity contribution in [2.24, 2.45) is 16.8 Å². The van der Waals surface area contributed by atoms with Gasteiger partial charge in [0.1, 0.15) is 5.82 Å². The molecule has 27 heavy (non-hydrogen) atoms. The number of ether oxygens (including phenoxy) is 1. The van der Waals surface area contributed by atoms with Crippen LogP contribution in [0.25, 0.3) is 0 Å². The van der Waals surface area contributed by atoms with Crippen molar-refractivity contribution in [3.63, 3.8) is 0 Å². The van der Waals surface area contributed by atoms with Crippen LogP contribution >= 0.6 is 24.0 Å². The molecule has 0 radical (unpaired) electrons. The number of nitrogens with one attached hydrogen (secondary N) is 1. The number of piperidine rings is 1. The lowest BCUT2D eigenvalue weighted by molar-refractivity contribution is 0.0510. The third-order valence-electron chi connectivity index (χ3n) is 5.87. The molecule has 1 aromatic rings. The maximum atomic E-state index is 13.4. The van der Waals surface area contributed by atoms with E-state index < -0.39 is 0 Å². The van der Waals surface area contributed by atoms with Gasteiger partial charge in [-0.3, -0.25) is 4.99 Å². The van der Waals surface area contributed by atoms with Crippen molar-refractivity contribution in [1.82, 2.24) is 10.2 Å². The summed E-state index contributed by atoms with van der Waals surface area (Å²) in [6, 6.07) is 6.98. The highest BCUT2D eigenvalue weighted by atomic mass is 127. The Labute approximate surface area is 180 Å². The minimum Gasteiger partial charge on any atom is -0.381 e. The van der Waals surface area contributed by atoms with Crippen LogP contribution < -0.4 is 5.32 Å². The van der Waals surface area contributed by atoms with Gasteiger partial charge in [0.2, 0.25) is 0 Å². The number of benzene rings is 1. The van der Waals surface area contributed by atoms with Crippen molar-refractivity contribution < 1.29 is 9.13 Å². The molecule has 2 unspecified atom stereocenters. The fourth-order valence-corrected chi connectivity index (χ4v) is 4.55. The first kappa shape index (κ1) is 22.4. The largest absolute Gasteiger partial charge is 0.381 e. The predicted octanol–water partition coefficient (Wildman–Crippen LogP) is 4.05. The number of hydrogen-bond acceptors (Lipinski definition) is 2. The molecule has 2 atom stereocenters. The van der Waals surface area contributed by atoms with E-state index in [0.29, 0.717) is 11.8 Å². The number of guanidine groups is 1. The normalized spacial score (nSPS) is 25.6. The molecule has 3 rings (SSSR count). The zero-order valence-electron chi connectivity index (χ0n) is 16.7. The Morgan fingerprint density at radius 3 is 2.33 bits per heavy atom. The van der Waals surface area contributed by atoms with Crippen molar-refractivity contribution in [3.8, 4) is 0 Å². The molecule has 2 fully saturated rings. The van der Waals surface area contributed by atoms with Crippen molar-refractivity contribution in [3.05, 3.63) is 35.6 Å². The van der Waals surface area contributed by atoms with Gasteiger partial charge in [-0.2, -0.15) is 0 Å². The van der Waals surface area contributed by atoms with Crippen LogP contribution in [0.4, 0.5) is 4.39 Å². The number of rotatable bonds is 3. The number of halogens is 2. The maximum absolute atomic E-state index is 13.4. The van der Waals surface area contributed by atoms with Gasteiger partial charge in [-0.05, 0) is 48.8 Å². The van der Waals surface area contributed by atoms with E-state index >= 15 is 0 Å². The number of aliphatic imine (C=N–C) groups is 1. The van der Waals surface area contributed by atoms with E-state index in [9.17, 15) is 4.39 Å². The van der Waals surface area contributed by atoms with Crippen LogP contribution in [0.5, 0.6) is 0 Å². The predicted molar refractivity (Wildman–Crippen MR) is 119 cm³/mol. The Morgan fingerprint density at radius 1 is 1.19 bits per heavy atom. The lowest BCUT2D eigenvalue weighted by atomic mass is 9.74. The molecule has 0 bridgehead atoms. The van der Waals surface area contributed by atoms with Gasteiger partial charge >= 0.3 is 0 Å². The summed E-state index contributed by atoms with van der Waals surface area (Å²) < 4.78 is 19.0. The van der Waals surface area contributed by atoms with E-state index in [0.717, 1.165) is 51.6 Å². The number of nitrogens with zero attached hydrogens (tertiary/aromatic N) is 2. The molecule has 1 N–H and O–H groups in total. The molecule has 0 spiro atoms. The minimum absolute atomic E-state index is 0. The third kappa shape index (κ3) is 5.56. The molecule has 0 aromatic heterocycles. The summed E-state index contributed by atoms with van der Waals surface area (Å²) in [5.41, 5.74) is 1.15. The van der Waals surface area contributed by atoms with Crippen LogP contribution in [-0.2, 0) is 10.2 Å². The quantitative estimate of drug-likeness (QED) is 0.396. The first-order valence-corrected chi connectivity index (χ1v) is 9.82.